The van der Waals surface area contributed by atoms with Gasteiger partial charge in [-0.05, 0) is 37.3 Å². The first kappa shape index (κ1) is 12.9. The Morgan fingerprint density at radius 3 is 2.81 bits per heavy atom. The fourth-order valence-corrected chi connectivity index (χ4v) is 2.28. The van der Waals surface area contributed by atoms with Crippen molar-refractivity contribution >= 4 is 16.9 Å². The molecule has 0 saturated heterocycles. The zero-order valence-corrected chi connectivity index (χ0v) is 11.4. The van der Waals surface area contributed by atoms with Crippen molar-refractivity contribution in [1.82, 2.24) is 9.55 Å². The summed E-state index contributed by atoms with van der Waals surface area (Å²) in [5.41, 5.74) is 8.22. The number of nitrogen functional groups attached to an aromatic ring is 1. The highest BCUT2D eigenvalue weighted by atomic mass is 16.1. The zero-order chi connectivity index (χ0) is 15.0. The predicted molar refractivity (Wildman–Crippen MR) is 81.2 cm³/mol. The van der Waals surface area contributed by atoms with E-state index in [0.717, 1.165) is 5.56 Å². The van der Waals surface area contributed by atoms with Gasteiger partial charge in [0.2, 0.25) is 5.95 Å². The van der Waals surface area contributed by atoms with Gasteiger partial charge in [-0.25, -0.2) is 9.55 Å². The third-order valence-electron chi connectivity index (χ3n) is 3.28. The minimum absolute atomic E-state index is 0.103. The highest BCUT2D eigenvalue weighted by Gasteiger charge is 2.11. The average Bonchev–Trinajstić information content (AvgIpc) is 2.48. The molecular weight excluding hydrogens is 264 g/mol. The van der Waals surface area contributed by atoms with Gasteiger partial charge in [0.05, 0.1) is 28.2 Å². The summed E-state index contributed by atoms with van der Waals surface area (Å²) in [7, 11) is 0. The largest absolute Gasteiger partial charge is 0.369 e. The molecule has 0 bridgehead atoms. The maximum Gasteiger partial charge on any atom is 0.267 e. The van der Waals surface area contributed by atoms with Gasteiger partial charge in [0, 0.05) is 0 Å². The standard InChI is InChI=1S/C16H12N4O/c1-10-5-6-14-13(7-10)15(21)20(16(18)19-14)12-4-2-3-11(8-12)9-17/h2-8H,1H3,(H2,18,19). The van der Waals surface area contributed by atoms with Crippen molar-refractivity contribution in [2.24, 2.45) is 0 Å². The Labute approximate surface area is 120 Å². The molecule has 5 heteroatoms. The molecule has 0 aliphatic rings. The Kier molecular flexibility index (Phi) is 2.92. The van der Waals surface area contributed by atoms with Gasteiger partial charge in [0.15, 0.2) is 0 Å². The highest BCUT2D eigenvalue weighted by Crippen LogP contribution is 2.16. The van der Waals surface area contributed by atoms with Crippen LogP contribution >= 0.6 is 0 Å². The molecule has 0 fully saturated rings. The Morgan fingerprint density at radius 2 is 2.05 bits per heavy atom. The second-order valence-corrected chi connectivity index (χ2v) is 4.79. The van der Waals surface area contributed by atoms with Crippen molar-refractivity contribution in [3.05, 3.63) is 63.9 Å². The van der Waals surface area contributed by atoms with Crippen LogP contribution in [-0.2, 0) is 0 Å². The molecule has 0 radical (unpaired) electrons. The van der Waals surface area contributed by atoms with Gasteiger partial charge >= 0.3 is 0 Å². The molecule has 1 aromatic heterocycles. The lowest BCUT2D eigenvalue weighted by atomic mass is 10.1. The number of nitrogens with zero attached hydrogens (tertiary/aromatic N) is 3. The number of hydrogen-bond donors (Lipinski definition) is 1. The molecule has 102 valence electrons. The maximum absolute atomic E-state index is 12.7. The van der Waals surface area contributed by atoms with E-state index in [-0.39, 0.29) is 11.5 Å². The zero-order valence-electron chi connectivity index (χ0n) is 11.4. The summed E-state index contributed by atoms with van der Waals surface area (Å²) in [5.74, 6) is 0.103. The van der Waals surface area contributed by atoms with Crippen LogP contribution in [0.25, 0.3) is 16.6 Å². The normalized spacial score (nSPS) is 10.5. The van der Waals surface area contributed by atoms with Gasteiger partial charge in [-0.2, -0.15) is 5.26 Å². The molecule has 0 atom stereocenters. The fourth-order valence-electron chi connectivity index (χ4n) is 2.28. The highest BCUT2D eigenvalue weighted by molar-refractivity contribution is 5.80. The SMILES string of the molecule is Cc1ccc2nc(N)n(-c3cccc(C#N)c3)c(=O)c2c1. The summed E-state index contributed by atoms with van der Waals surface area (Å²) >= 11 is 0. The maximum atomic E-state index is 12.7. The van der Waals surface area contributed by atoms with Crippen LogP contribution in [0.4, 0.5) is 5.95 Å². The third kappa shape index (κ3) is 2.13. The average molecular weight is 276 g/mol. The lowest BCUT2D eigenvalue weighted by Gasteiger charge is -2.10. The molecule has 0 amide bonds. The van der Waals surface area contributed by atoms with E-state index in [4.69, 9.17) is 11.0 Å². The van der Waals surface area contributed by atoms with Crippen molar-refractivity contribution in [1.29, 1.82) is 5.26 Å². The molecule has 2 N–H and O–H groups in total. The Hall–Kier alpha value is -3.13. The number of benzene rings is 2. The van der Waals surface area contributed by atoms with E-state index >= 15 is 0 Å². The van der Waals surface area contributed by atoms with E-state index in [1.807, 2.05) is 19.1 Å². The molecule has 2 aromatic carbocycles. The van der Waals surface area contributed by atoms with E-state index in [0.29, 0.717) is 22.2 Å². The molecule has 5 nitrogen and oxygen atoms in total. The molecule has 0 saturated carbocycles. The van der Waals surface area contributed by atoms with E-state index in [1.54, 1.807) is 36.4 Å². The van der Waals surface area contributed by atoms with Crippen LogP contribution in [0.15, 0.2) is 47.3 Å². The molecule has 0 spiro atoms. The summed E-state index contributed by atoms with van der Waals surface area (Å²) in [6.45, 7) is 1.91. The minimum Gasteiger partial charge on any atom is -0.369 e. The number of fused-ring (bicyclic) bond motifs is 1. The smallest absolute Gasteiger partial charge is 0.267 e. The van der Waals surface area contributed by atoms with Crippen molar-refractivity contribution in [3.8, 4) is 11.8 Å². The molecular formula is C16H12N4O. The van der Waals surface area contributed by atoms with Gasteiger partial charge in [-0.3, -0.25) is 4.79 Å². The van der Waals surface area contributed by atoms with Crippen molar-refractivity contribution in [3.63, 3.8) is 0 Å². The molecule has 3 rings (SSSR count). The first-order chi connectivity index (χ1) is 10.1. The number of aryl methyl sites for hydroxylation is 1. The van der Waals surface area contributed by atoms with Crippen molar-refractivity contribution < 1.29 is 0 Å². The summed E-state index contributed by atoms with van der Waals surface area (Å²) in [6, 6.07) is 14.2. The van der Waals surface area contributed by atoms with Crippen LogP contribution in [-0.4, -0.2) is 9.55 Å². The van der Waals surface area contributed by atoms with E-state index in [1.165, 1.54) is 4.57 Å². The van der Waals surface area contributed by atoms with Gasteiger partial charge in [-0.1, -0.05) is 17.7 Å². The first-order valence-corrected chi connectivity index (χ1v) is 6.39. The van der Waals surface area contributed by atoms with Gasteiger partial charge in [0.25, 0.3) is 5.56 Å². The summed E-state index contributed by atoms with van der Waals surface area (Å²) < 4.78 is 1.32. The van der Waals surface area contributed by atoms with Crippen LogP contribution in [0.5, 0.6) is 0 Å². The number of hydrogen-bond acceptors (Lipinski definition) is 4. The second-order valence-electron chi connectivity index (χ2n) is 4.79. The van der Waals surface area contributed by atoms with Crippen LogP contribution in [0, 0.1) is 18.3 Å². The molecule has 1 heterocycles. The number of nitrogens with two attached hydrogens (primary N) is 1. The topological polar surface area (TPSA) is 84.7 Å². The number of nitriles is 1. The van der Waals surface area contributed by atoms with Gasteiger partial charge < -0.3 is 5.73 Å². The van der Waals surface area contributed by atoms with Crippen LogP contribution in [0.1, 0.15) is 11.1 Å². The van der Waals surface area contributed by atoms with Crippen molar-refractivity contribution in [2.75, 3.05) is 5.73 Å². The number of rotatable bonds is 1. The van der Waals surface area contributed by atoms with Crippen LogP contribution in [0.2, 0.25) is 0 Å². The molecule has 0 aliphatic heterocycles. The molecule has 21 heavy (non-hydrogen) atoms. The quantitative estimate of drug-likeness (QED) is 0.738. The van der Waals surface area contributed by atoms with Crippen molar-refractivity contribution in [2.45, 2.75) is 6.92 Å². The van der Waals surface area contributed by atoms with E-state index < -0.39 is 0 Å². The first-order valence-electron chi connectivity index (χ1n) is 6.39. The molecule has 0 unspecified atom stereocenters. The fraction of sp³-hybridized carbons (Fsp3) is 0.0625. The predicted octanol–water partition coefficient (Wildman–Crippen LogP) is 2.15. The lowest BCUT2D eigenvalue weighted by molar-refractivity contribution is 0.981. The lowest BCUT2D eigenvalue weighted by Crippen LogP contribution is -2.23. The summed E-state index contributed by atoms with van der Waals surface area (Å²) in [6.07, 6.45) is 0. The Bertz CT molecular complexity index is 951. The van der Waals surface area contributed by atoms with Crippen LogP contribution in [0.3, 0.4) is 0 Å². The van der Waals surface area contributed by atoms with Crippen LogP contribution < -0.4 is 11.3 Å². The second kappa shape index (κ2) is 4.76. The summed E-state index contributed by atoms with van der Waals surface area (Å²) in [5, 5.41) is 9.48. The molecule has 3 aromatic rings. The third-order valence-corrected chi connectivity index (χ3v) is 3.28. The summed E-state index contributed by atoms with van der Waals surface area (Å²) in [4.78, 5) is 16.9. The molecule has 0 aliphatic carbocycles. The minimum atomic E-state index is -0.240. The number of anilines is 1. The Balaban J connectivity index is 2.37. The van der Waals surface area contributed by atoms with E-state index in [9.17, 15) is 4.79 Å². The van der Waals surface area contributed by atoms with Gasteiger partial charge in [-0.15, -0.1) is 0 Å². The Morgan fingerprint density at radius 1 is 1.24 bits per heavy atom. The van der Waals surface area contributed by atoms with Gasteiger partial charge in [0.1, 0.15) is 0 Å². The number of aromatic nitrogens is 2. The van der Waals surface area contributed by atoms with E-state index in [2.05, 4.69) is 4.98 Å². The monoisotopic (exact) mass is 276 g/mol.